The van der Waals surface area contributed by atoms with Crippen molar-refractivity contribution >= 4 is 29.7 Å². The number of carboxylic acids is 1. The van der Waals surface area contributed by atoms with Crippen LogP contribution >= 0.6 is 23.7 Å². The van der Waals surface area contributed by atoms with Crippen LogP contribution in [-0.4, -0.2) is 16.2 Å². The average molecular weight is 300 g/mol. The molecule has 1 aromatic carbocycles. The Hall–Kier alpha value is -1.56. The van der Waals surface area contributed by atoms with Gasteiger partial charge in [-0.15, -0.1) is 23.7 Å². The van der Waals surface area contributed by atoms with Crippen LogP contribution in [0.3, 0.4) is 0 Å². The third-order valence-corrected chi connectivity index (χ3v) is 3.72. The second kappa shape index (κ2) is 6.06. The number of carboxylic acid groups (broad SMARTS) is 1. The number of phenols is 1. The van der Waals surface area contributed by atoms with E-state index in [4.69, 9.17) is 10.8 Å². The van der Waals surface area contributed by atoms with Crippen molar-refractivity contribution in [3.8, 4) is 5.75 Å². The van der Waals surface area contributed by atoms with E-state index in [-0.39, 0.29) is 23.7 Å². The topological polar surface area (TPSA) is 83.5 Å². The number of hydrogen-bond donors (Lipinski definition) is 3. The normalized spacial score (nSPS) is 11.7. The summed E-state index contributed by atoms with van der Waals surface area (Å²) in [4.78, 5) is 11.9. The van der Waals surface area contributed by atoms with Crippen LogP contribution in [0, 0.1) is 6.92 Å². The van der Waals surface area contributed by atoms with Crippen LogP contribution in [0.25, 0.3) is 0 Å². The van der Waals surface area contributed by atoms with Gasteiger partial charge in [-0.3, -0.25) is 0 Å². The minimum absolute atomic E-state index is 0. The highest BCUT2D eigenvalue weighted by molar-refractivity contribution is 7.10. The van der Waals surface area contributed by atoms with Gasteiger partial charge in [0.05, 0.1) is 11.6 Å². The number of carbonyl (C=O) groups is 1. The number of halogens is 1. The Morgan fingerprint density at radius 1 is 1.42 bits per heavy atom. The smallest absolute Gasteiger partial charge is 0.335 e. The zero-order valence-electron chi connectivity index (χ0n) is 10.2. The first-order chi connectivity index (χ1) is 8.50. The molecule has 4 N–H and O–H groups in total. The van der Waals surface area contributed by atoms with E-state index < -0.39 is 12.0 Å². The molecule has 0 aliphatic rings. The minimum Gasteiger partial charge on any atom is -0.507 e. The fourth-order valence-electron chi connectivity index (χ4n) is 1.79. The molecule has 0 fully saturated rings. The van der Waals surface area contributed by atoms with Crippen molar-refractivity contribution < 1.29 is 15.0 Å². The lowest BCUT2D eigenvalue weighted by atomic mass is 9.98. The largest absolute Gasteiger partial charge is 0.507 e. The van der Waals surface area contributed by atoms with Crippen LogP contribution in [0.1, 0.15) is 32.4 Å². The first-order valence-corrected chi connectivity index (χ1v) is 6.24. The van der Waals surface area contributed by atoms with Crippen molar-refractivity contribution in [1.29, 1.82) is 0 Å². The molecule has 0 amide bonds. The number of benzene rings is 1. The van der Waals surface area contributed by atoms with Gasteiger partial charge < -0.3 is 15.9 Å². The second-order valence-corrected chi connectivity index (χ2v) is 5.01. The van der Waals surface area contributed by atoms with Crippen molar-refractivity contribution in [2.45, 2.75) is 13.0 Å². The molecular weight excluding hydrogens is 286 g/mol. The summed E-state index contributed by atoms with van der Waals surface area (Å²) >= 11 is 1.47. The molecule has 1 aromatic heterocycles. The summed E-state index contributed by atoms with van der Waals surface area (Å²) in [6.07, 6.45) is 0. The summed E-state index contributed by atoms with van der Waals surface area (Å²) in [5.41, 5.74) is 7.14. The second-order valence-electron chi connectivity index (χ2n) is 4.03. The maximum Gasteiger partial charge on any atom is 0.335 e. The number of nitrogens with two attached hydrogens (primary N) is 1. The molecule has 0 saturated heterocycles. The highest BCUT2D eigenvalue weighted by Crippen LogP contribution is 2.33. The molecule has 0 bridgehead atoms. The predicted octanol–water partition coefficient (Wildman–Crippen LogP) is 2.93. The summed E-state index contributed by atoms with van der Waals surface area (Å²) in [7, 11) is 0. The number of rotatable bonds is 3. The van der Waals surface area contributed by atoms with Crippen LogP contribution in [0.15, 0.2) is 29.6 Å². The monoisotopic (exact) mass is 299 g/mol. The summed E-state index contributed by atoms with van der Waals surface area (Å²) < 4.78 is 0. The first kappa shape index (κ1) is 15.5. The molecular formula is C13H14ClNO3S. The number of aryl methyl sites for hydroxylation is 1. The summed E-state index contributed by atoms with van der Waals surface area (Å²) in [6, 6.07) is 6.07. The fourth-order valence-corrected chi connectivity index (χ4v) is 2.53. The number of aromatic carboxylic acids is 1. The molecule has 4 nitrogen and oxygen atoms in total. The van der Waals surface area contributed by atoms with E-state index in [0.29, 0.717) is 11.1 Å². The van der Waals surface area contributed by atoms with Gasteiger partial charge in [0.1, 0.15) is 5.75 Å². The Balaban J connectivity index is 0.00000180. The molecule has 2 aromatic rings. The number of aromatic hydroxyl groups is 1. The average Bonchev–Trinajstić information content (AvgIpc) is 2.85. The Bertz CT molecular complexity index is 584. The van der Waals surface area contributed by atoms with Crippen molar-refractivity contribution in [2.75, 3.05) is 0 Å². The lowest BCUT2D eigenvalue weighted by molar-refractivity contribution is 0.0696. The standard InChI is InChI=1S/C13H13NO3S.ClH/c1-7-5-8(13(16)17)6-9(12(7)15)11(14)10-3-2-4-18-10;/h2-6,11,15H,14H2,1H3,(H,16,17);1H/t11-;/m0./s1. The van der Waals surface area contributed by atoms with E-state index in [1.807, 2.05) is 17.5 Å². The maximum atomic E-state index is 11.0. The van der Waals surface area contributed by atoms with E-state index in [1.165, 1.54) is 23.5 Å². The molecule has 0 aliphatic heterocycles. The van der Waals surface area contributed by atoms with Crippen LogP contribution in [-0.2, 0) is 0 Å². The molecule has 0 spiro atoms. The van der Waals surface area contributed by atoms with Gasteiger partial charge in [-0.05, 0) is 36.1 Å². The van der Waals surface area contributed by atoms with E-state index in [2.05, 4.69) is 0 Å². The zero-order valence-corrected chi connectivity index (χ0v) is 11.8. The molecule has 19 heavy (non-hydrogen) atoms. The van der Waals surface area contributed by atoms with E-state index >= 15 is 0 Å². The molecule has 0 saturated carbocycles. The Kier molecular flexibility index (Phi) is 4.94. The first-order valence-electron chi connectivity index (χ1n) is 5.36. The lowest BCUT2D eigenvalue weighted by Gasteiger charge is -2.14. The van der Waals surface area contributed by atoms with Crippen LogP contribution in [0.4, 0.5) is 0 Å². The quantitative estimate of drug-likeness (QED) is 0.813. The summed E-state index contributed by atoms with van der Waals surface area (Å²) in [5.74, 6) is -0.973. The third-order valence-electron chi connectivity index (χ3n) is 2.76. The van der Waals surface area contributed by atoms with Crippen molar-refractivity contribution in [3.05, 3.63) is 51.2 Å². The highest BCUT2D eigenvalue weighted by atomic mass is 35.5. The van der Waals surface area contributed by atoms with Crippen LogP contribution in [0.5, 0.6) is 5.75 Å². The lowest BCUT2D eigenvalue weighted by Crippen LogP contribution is -2.12. The van der Waals surface area contributed by atoms with Crippen molar-refractivity contribution in [1.82, 2.24) is 0 Å². The maximum absolute atomic E-state index is 11.0. The SMILES string of the molecule is Cc1cc(C(=O)O)cc([C@H](N)c2cccs2)c1O.Cl. The van der Waals surface area contributed by atoms with Gasteiger partial charge in [0, 0.05) is 10.4 Å². The molecule has 6 heteroatoms. The summed E-state index contributed by atoms with van der Waals surface area (Å²) in [5, 5.41) is 20.9. The molecule has 0 aliphatic carbocycles. The highest BCUT2D eigenvalue weighted by Gasteiger charge is 2.18. The molecule has 0 unspecified atom stereocenters. The molecule has 1 atom stereocenters. The van der Waals surface area contributed by atoms with E-state index in [9.17, 15) is 9.90 Å². The number of phenolic OH excluding ortho intramolecular Hbond substituents is 1. The van der Waals surface area contributed by atoms with Gasteiger partial charge in [-0.25, -0.2) is 4.79 Å². The van der Waals surface area contributed by atoms with Crippen molar-refractivity contribution in [2.24, 2.45) is 5.73 Å². The summed E-state index contributed by atoms with van der Waals surface area (Å²) in [6.45, 7) is 1.66. The van der Waals surface area contributed by atoms with Crippen molar-refractivity contribution in [3.63, 3.8) is 0 Å². The third kappa shape index (κ3) is 3.07. The Morgan fingerprint density at radius 3 is 2.63 bits per heavy atom. The van der Waals surface area contributed by atoms with Gasteiger partial charge in [0.15, 0.2) is 0 Å². The molecule has 0 radical (unpaired) electrons. The molecule has 2 rings (SSSR count). The van der Waals surface area contributed by atoms with E-state index in [0.717, 1.165) is 4.88 Å². The number of hydrogen-bond acceptors (Lipinski definition) is 4. The van der Waals surface area contributed by atoms with Gasteiger partial charge in [-0.1, -0.05) is 6.07 Å². The van der Waals surface area contributed by atoms with Gasteiger partial charge >= 0.3 is 5.97 Å². The predicted molar refractivity (Wildman–Crippen MR) is 77.4 cm³/mol. The van der Waals surface area contributed by atoms with Crippen LogP contribution < -0.4 is 5.73 Å². The fraction of sp³-hybridized carbons (Fsp3) is 0.154. The Labute approximate surface area is 120 Å². The van der Waals surface area contributed by atoms with Crippen LogP contribution in [0.2, 0.25) is 0 Å². The zero-order chi connectivity index (χ0) is 13.3. The van der Waals surface area contributed by atoms with Gasteiger partial charge in [0.25, 0.3) is 0 Å². The van der Waals surface area contributed by atoms with E-state index in [1.54, 1.807) is 6.92 Å². The molecule has 1 heterocycles. The molecule has 102 valence electrons. The number of thiophene rings is 1. The van der Waals surface area contributed by atoms with Gasteiger partial charge in [-0.2, -0.15) is 0 Å². The Morgan fingerprint density at radius 2 is 2.11 bits per heavy atom. The van der Waals surface area contributed by atoms with Gasteiger partial charge in [0.2, 0.25) is 0 Å². The minimum atomic E-state index is -1.03.